The molecule has 2 aliphatic rings. The molecule has 3 N–H and O–H groups in total. The molecule has 1 atom stereocenters. The number of amides is 2. The molecule has 0 bridgehead atoms. The highest BCUT2D eigenvalue weighted by molar-refractivity contribution is 6.35. The molecule has 0 unspecified atom stereocenters. The van der Waals surface area contributed by atoms with E-state index in [9.17, 15) is 9.59 Å². The summed E-state index contributed by atoms with van der Waals surface area (Å²) in [4.78, 5) is 26.0. The third-order valence-corrected chi connectivity index (χ3v) is 5.67. The van der Waals surface area contributed by atoms with Gasteiger partial charge in [-0.1, -0.05) is 29.8 Å². The van der Waals surface area contributed by atoms with E-state index in [1.54, 1.807) is 0 Å². The lowest BCUT2D eigenvalue weighted by molar-refractivity contribution is -0.937. The summed E-state index contributed by atoms with van der Waals surface area (Å²) in [6.07, 6.45) is 0. The molecule has 2 aromatic rings. The monoisotopic (exact) mass is 426 g/mol. The lowest BCUT2D eigenvalue weighted by Crippen LogP contribution is -3.15. The Morgan fingerprint density at radius 3 is 2.45 bits per heavy atom. The second-order valence-electron chi connectivity index (χ2n) is 7.81. The summed E-state index contributed by atoms with van der Waals surface area (Å²) in [6.45, 7) is 5.86. The van der Waals surface area contributed by atoms with E-state index in [1.807, 2.05) is 49.4 Å². The fourth-order valence-electron chi connectivity index (χ4n) is 3.85. The number of carbonyl (C=O) groups is 2. The van der Waals surface area contributed by atoms with Gasteiger partial charge in [-0.2, -0.15) is 0 Å². The van der Waals surface area contributed by atoms with Crippen LogP contribution >= 0.6 is 0 Å². The summed E-state index contributed by atoms with van der Waals surface area (Å²) in [5.74, 6) is 0.156. The van der Waals surface area contributed by atoms with Gasteiger partial charge in [0, 0.05) is 12.1 Å². The van der Waals surface area contributed by atoms with E-state index in [-0.39, 0.29) is 12.8 Å². The zero-order chi connectivity index (χ0) is 21.6. The van der Waals surface area contributed by atoms with E-state index >= 15 is 0 Å². The number of rotatable bonds is 6. The van der Waals surface area contributed by atoms with Gasteiger partial charge in [-0.3, -0.25) is 9.59 Å². The third kappa shape index (κ3) is 5.34. The van der Waals surface area contributed by atoms with Crippen LogP contribution in [0.5, 0.6) is 11.5 Å². The first-order chi connectivity index (χ1) is 15.1. The Morgan fingerprint density at radius 1 is 0.968 bits per heavy atom. The molecular formula is C23H28N3O5+. The number of hydrogen-bond acceptors (Lipinski definition) is 5. The van der Waals surface area contributed by atoms with Gasteiger partial charge in [-0.05, 0) is 30.7 Å². The first-order valence-electron chi connectivity index (χ1n) is 10.5. The average molecular weight is 426 g/mol. The summed E-state index contributed by atoms with van der Waals surface area (Å²) in [7, 11) is 0. The normalized spacial score (nSPS) is 16.5. The van der Waals surface area contributed by atoms with Gasteiger partial charge in [0.25, 0.3) is 0 Å². The molecule has 0 spiro atoms. The van der Waals surface area contributed by atoms with Crippen molar-refractivity contribution in [3.05, 3.63) is 59.2 Å². The molecule has 2 aliphatic heterocycles. The maximum absolute atomic E-state index is 12.4. The van der Waals surface area contributed by atoms with Crippen molar-refractivity contribution in [1.29, 1.82) is 0 Å². The molecule has 0 aliphatic carbocycles. The molecule has 31 heavy (non-hydrogen) atoms. The smallest absolute Gasteiger partial charge is 0.309 e. The predicted molar refractivity (Wildman–Crippen MR) is 113 cm³/mol. The van der Waals surface area contributed by atoms with Gasteiger partial charge in [0.15, 0.2) is 11.5 Å². The van der Waals surface area contributed by atoms with Crippen molar-refractivity contribution in [2.45, 2.75) is 19.5 Å². The van der Waals surface area contributed by atoms with E-state index in [2.05, 4.69) is 10.6 Å². The predicted octanol–water partition coefficient (Wildman–Crippen LogP) is 0.113. The molecule has 1 fully saturated rings. The summed E-state index contributed by atoms with van der Waals surface area (Å²) < 4.78 is 16.4. The van der Waals surface area contributed by atoms with Gasteiger partial charge in [-0.15, -0.1) is 0 Å². The molecule has 0 radical (unpaired) electrons. The Balaban J connectivity index is 1.37. The molecule has 0 saturated carbocycles. The maximum atomic E-state index is 12.4. The highest BCUT2D eigenvalue weighted by Gasteiger charge is 2.29. The number of fused-ring (bicyclic) bond motifs is 1. The van der Waals surface area contributed by atoms with Crippen LogP contribution in [0.2, 0.25) is 0 Å². The molecule has 1 saturated heterocycles. The summed E-state index contributed by atoms with van der Waals surface area (Å²) in [5.41, 5.74) is 3.12. The van der Waals surface area contributed by atoms with Crippen molar-refractivity contribution in [3.8, 4) is 11.5 Å². The topological polar surface area (TPSA) is 90.3 Å². The zero-order valence-electron chi connectivity index (χ0n) is 17.6. The quantitative estimate of drug-likeness (QED) is 0.571. The van der Waals surface area contributed by atoms with Gasteiger partial charge in [0.05, 0.1) is 19.8 Å². The number of hydrogen-bond donors (Lipinski definition) is 3. The third-order valence-electron chi connectivity index (χ3n) is 5.67. The minimum Gasteiger partial charge on any atom is -0.454 e. The average Bonchev–Trinajstić information content (AvgIpc) is 3.27. The van der Waals surface area contributed by atoms with Crippen LogP contribution in [0.1, 0.15) is 22.7 Å². The van der Waals surface area contributed by atoms with Crippen molar-refractivity contribution in [2.24, 2.45) is 0 Å². The molecule has 8 nitrogen and oxygen atoms in total. The second-order valence-corrected chi connectivity index (χ2v) is 7.81. The van der Waals surface area contributed by atoms with Gasteiger partial charge < -0.3 is 29.7 Å². The van der Waals surface area contributed by atoms with E-state index in [0.29, 0.717) is 32.1 Å². The maximum Gasteiger partial charge on any atom is 0.309 e. The zero-order valence-corrected chi connectivity index (χ0v) is 17.6. The van der Waals surface area contributed by atoms with E-state index in [4.69, 9.17) is 14.2 Å². The molecule has 0 aromatic heterocycles. The van der Waals surface area contributed by atoms with Crippen LogP contribution in [0.4, 0.5) is 0 Å². The largest absolute Gasteiger partial charge is 0.454 e. The van der Waals surface area contributed by atoms with Crippen LogP contribution in [0, 0.1) is 6.92 Å². The highest BCUT2D eigenvalue weighted by Crippen LogP contribution is 2.33. The van der Waals surface area contributed by atoms with Crippen LogP contribution in [0.25, 0.3) is 0 Å². The number of ether oxygens (including phenoxy) is 3. The van der Waals surface area contributed by atoms with Gasteiger partial charge in [0.2, 0.25) is 6.79 Å². The van der Waals surface area contributed by atoms with Crippen molar-refractivity contribution < 1.29 is 28.7 Å². The van der Waals surface area contributed by atoms with Crippen LogP contribution in [-0.2, 0) is 20.9 Å². The number of aryl methyl sites for hydroxylation is 1. The Bertz CT molecular complexity index is 925. The molecule has 2 heterocycles. The lowest BCUT2D eigenvalue weighted by atomic mass is 10.0. The second kappa shape index (κ2) is 9.80. The van der Waals surface area contributed by atoms with Crippen LogP contribution in [0.3, 0.4) is 0 Å². The van der Waals surface area contributed by atoms with Crippen molar-refractivity contribution >= 4 is 11.8 Å². The van der Waals surface area contributed by atoms with E-state index < -0.39 is 11.8 Å². The van der Waals surface area contributed by atoms with Gasteiger partial charge >= 0.3 is 11.8 Å². The fraction of sp³-hybridized carbons (Fsp3) is 0.391. The Labute approximate surface area is 181 Å². The minimum absolute atomic E-state index is 0.0211. The van der Waals surface area contributed by atoms with Crippen molar-refractivity contribution in [3.63, 3.8) is 0 Å². The molecule has 164 valence electrons. The van der Waals surface area contributed by atoms with Crippen molar-refractivity contribution in [1.82, 2.24) is 10.6 Å². The van der Waals surface area contributed by atoms with Crippen LogP contribution in [0.15, 0.2) is 42.5 Å². The fourth-order valence-corrected chi connectivity index (χ4v) is 3.85. The minimum atomic E-state index is -0.637. The Kier molecular flexibility index (Phi) is 6.69. The number of benzene rings is 2. The summed E-state index contributed by atoms with van der Waals surface area (Å²) in [5, 5.41) is 5.49. The highest BCUT2D eigenvalue weighted by atomic mass is 16.7. The Morgan fingerprint density at radius 2 is 1.68 bits per heavy atom. The number of morpholine rings is 1. The lowest BCUT2D eigenvalue weighted by Gasteiger charge is -2.32. The SMILES string of the molecule is Cc1ccc(CNC(=O)C(=O)NC[C@@H](c2ccc3c(c2)OCO3)[NH+]2CCOCC2)cc1. The first-order valence-corrected chi connectivity index (χ1v) is 10.5. The standard InChI is InChI=1S/C23H27N3O5/c1-16-2-4-17(5-3-16)13-24-22(27)23(28)25-14-19(26-8-10-29-11-9-26)18-6-7-20-21(12-18)31-15-30-20/h2-7,12,19H,8-11,13-15H2,1H3,(H,24,27)(H,25,28)/p+1/t19-/m0/s1. The van der Waals surface area contributed by atoms with Crippen LogP contribution in [-0.4, -0.2) is 51.5 Å². The number of carbonyl (C=O) groups excluding carboxylic acids is 2. The molecule has 4 rings (SSSR count). The Hall–Kier alpha value is -3.10. The van der Waals surface area contributed by atoms with Crippen molar-refractivity contribution in [2.75, 3.05) is 39.6 Å². The van der Waals surface area contributed by atoms with Crippen LogP contribution < -0.4 is 25.0 Å². The molecule has 8 heteroatoms. The van der Waals surface area contributed by atoms with E-state index in [0.717, 1.165) is 35.5 Å². The summed E-state index contributed by atoms with van der Waals surface area (Å²) in [6, 6.07) is 13.6. The first kappa shape index (κ1) is 21.1. The van der Waals surface area contributed by atoms with Gasteiger partial charge in [0.1, 0.15) is 19.1 Å². The molecule has 2 amide bonds. The van der Waals surface area contributed by atoms with E-state index in [1.165, 1.54) is 4.90 Å². The number of quaternary nitrogens is 1. The molecule has 2 aromatic carbocycles. The molecular weight excluding hydrogens is 398 g/mol. The summed E-state index contributed by atoms with van der Waals surface area (Å²) >= 11 is 0. The number of nitrogens with one attached hydrogen (secondary N) is 3. The van der Waals surface area contributed by atoms with Gasteiger partial charge in [-0.25, -0.2) is 0 Å².